The number of tetrazole rings is 1. The number of nitrogens with zero attached hydrogens (tertiary/aromatic N) is 5. The zero-order valence-corrected chi connectivity index (χ0v) is 30.6. The molecule has 1 N–H and O–H groups in total. The van der Waals surface area contributed by atoms with E-state index in [4.69, 9.17) is 25.5 Å². The van der Waals surface area contributed by atoms with Crippen molar-refractivity contribution >= 4 is 63.6 Å². The maximum absolute atomic E-state index is 13.6. The summed E-state index contributed by atoms with van der Waals surface area (Å²) in [5.41, 5.74) is 4.12. The van der Waals surface area contributed by atoms with Crippen molar-refractivity contribution in [2.45, 2.75) is 50.9 Å². The number of hydrogen-bond acceptors (Lipinski definition) is 8. The molecule has 1 amide bonds. The maximum atomic E-state index is 13.6. The summed E-state index contributed by atoms with van der Waals surface area (Å²) in [6, 6.07) is 17.4. The molecule has 0 atom stereocenters. The quantitative estimate of drug-likeness (QED) is 0.0789. The molecule has 0 aliphatic heterocycles. The van der Waals surface area contributed by atoms with Crippen LogP contribution in [0.4, 0.5) is 5.69 Å². The fourth-order valence-electron chi connectivity index (χ4n) is 5.05. The largest absolute Gasteiger partial charge is 0.358 e. The Morgan fingerprint density at radius 3 is 2.60 bits per heavy atom. The maximum Gasteiger partial charge on any atom is 0.235 e. The first-order chi connectivity index (χ1) is 21.4. The molecule has 1 fully saturated rings. The zero-order chi connectivity index (χ0) is 32.2. The molecule has 2 heterocycles. The predicted molar refractivity (Wildman–Crippen MR) is 194 cm³/mol. The van der Waals surface area contributed by atoms with Gasteiger partial charge in [-0.3, -0.25) is 14.0 Å². The SMILES string of the molecule is CC(C)(Cc1ccc(-c2ccc(NC(=O)C3(c4cccc(Cl)c4)CC3)cc2-c2nnnn2COCCS(C)(C)C)cn1)OSI. The zero-order valence-electron chi connectivity index (χ0n) is 26.0. The second kappa shape index (κ2) is 14.3. The van der Waals surface area contributed by atoms with E-state index in [2.05, 4.69) is 60.8 Å². The van der Waals surface area contributed by atoms with Gasteiger partial charge in [0.25, 0.3) is 0 Å². The Kier molecular flexibility index (Phi) is 10.8. The number of halogens is 2. The molecule has 0 spiro atoms. The number of carbonyl (C=O) groups is 1. The van der Waals surface area contributed by atoms with Crippen molar-refractivity contribution in [1.82, 2.24) is 25.2 Å². The van der Waals surface area contributed by atoms with Gasteiger partial charge in [0.2, 0.25) is 5.91 Å². The van der Waals surface area contributed by atoms with Gasteiger partial charge in [-0.05, 0) is 97.3 Å². The number of carbonyl (C=O) groups excluding carboxylic acids is 1. The van der Waals surface area contributed by atoms with Crippen LogP contribution in [0.25, 0.3) is 22.5 Å². The summed E-state index contributed by atoms with van der Waals surface area (Å²) in [5, 5.41) is 16.4. The highest BCUT2D eigenvalue weighted by atomic mass is 127. The Morgan fingerprint density at radius 1 is 1.13 bits per heavy atom. The lowest BCUT2D eigenvalue weighted by molar-refractivity contribution is -0.118. The fourth-order valence-corrected chi connectivity index (χ4v) is 7.55. The smallest absolute Gasteiger partial charge is 0.235 e. The molecule has 1 aliphatic rings. The average Bonchev–Trinajstić information content (AvgIpc) is 3.67. The summed E-state index contributed by atoms with van der Waals surface area (Å²) < 4.78 is 13.4. The molecular formula is C32H38ClIN6O3S2. The van der Waals surface area contributed by atoms with Crippen molar-refractivity contribution in [2.75, 3.05) is 36.4 Å². The molecule has 5 rings (SSSR count). The number of aromatic nitrogens is 5. The Hall–Kier alpha value is -2.23. The van der Waals surface area contributed by atoms with Crippen molar-refractivity contribution in [3.8, 4) is 22.5 Å². The molecular weight excluding hydrogens is 743 g/mol. The Labute approximate surface area is 287 Å². The highest BCUT2D eigenvalue weighted by molar-refractivity contribution is 14.2. The Bertz CT molecular complexity index is 1640. The van der Waals surface area contributed by atoms with Crippen LogP contribution in [-0.4, -0.2) is 67.8 Å². The van der Waals surface area contributed by atoms with Crippen LogP contribution in [-0.2, 0) is 32.3 Å². The summed E-state index contributed by atoms with van der Waals surface area (Å²) >= 11 is 8.39. The molecule has 0 unspecified atom stereocenters. The van der Waals surface area contributed by atoms with E-state index in [1.807, 2.05) is 74.6 Å². The number of anilines is 1. The van der Waals surface area contributed by atoms with Crippen LogP contribution in [0.2, 0.25) is 5.02 Å². The van der Waals surface area contributed by atoms with Crippen LogP contribution in [0, 0.1) is 0 Å². The third-order valence-corrected chi connectivity index (χ3v) is 10.3. The number of nitrogens with one attached hydrogen (secondary N) is 1. The monoisotopic (exact) mass is 780 g/mol. The molecule has 0 saturated heterocycles. The van der Waals surface area contributed by atoms with Gasteiger partial charge in [-0.25, -0.2) is 10.0 Å². The molecule has 4 aromatic rings. The molecule has 2 aromatic heterocycles. The molecule has 0 radical (unpaired) electrons. The van der Waals surface area contributed by atoms with Gasteiger partial charge in [0.05, 0.1) is 26.8 Å². The van der Waals surface area contributed by atoms with Gasteiger partial charge in [0.1, 0.15) is 6.73 Å². The highest BCUT2D eigenvalue weighted by Gasteiger charge is 2.51. The molecule has 45 heavy (non-hydrogen) atoms. The molecule has 1 saturated carbocycles. The number of ether oxygens (including phenoxy) is 1. The van der Waals surface area contributed by atoms with Gasteiger partial charge in [-0.15, -0.1) is 5.10 Å². The van der Waals surface area contributed by atoms with Gasteiger partial charge in [0, 0.05) is 67.1 Å². The molecule has 1 aliphatic carbocycles. The van der Waals surface area contributed by atoms with Crippen molar-refractivity contribution in [2.24, 2.45) is 0 Å². The van der Waals surface area contributed by atoms with Crippen LogP contribution < -0.4 is 5.32 Å². The fraction of sp³-hybridized carbons (Fsp3) is 0.406. The molecule has 13 heteroatoms. The molecule has 9 nitrogen and oxygen atoms in total. The Balaban J connectivity index is 1.45. The first-order valence-electron chi connectivity index (χ1n) is 14.5. The van der Waals surface area contributed by atoms with Gasteiger partial charge in [0.15, 0.2) is 5.82 Å². The second-order valence-corrected chi connectivity index (χ2v) is 19.2. The van der Waals surface area contributed by atoms with Crippen molar-refractivity contribution in [3.63, 3.8) is 0 Å². The third kappa shape index (κ3) is 8.77. The van der Waals surface area contributed by atoms with Gasteiger partial charge in [-0.2, -0.15) is 4.68 Å². The summed E-state index contributed by atoms with van der Waals surface area (Å²) in [5.74, 6) is 1.47. The summed E-state index contributed by atoms with van der Waals surface area (Å²) in [4.78, 5) is 18.4. The van der Waals surface area contributed by atoms with Crippen LogP contribution in [0.3, 0.4) is 0 Å². The normalized spacial score (nSPS) is 14.7. The highest BCUT2D eigenvalue weighted by Crippen LogP contribution is 2.49. The van der Waals surface area contributed by atoms with Crippen LogP contribution >= 0.6 is 52.0 Å². The van der Waals surface area contributed by atoms with E-state index in [0.717, 1.165) is 46.5 Å². The number of amides is 1. The van der Waals surface area contributed by atoms with E-state index in [-0.39, 0.29) is 18.2 Å². The van der Waals surface area contributed by atoms with E-state index in [1.165, 1.54) is 9.21 Å². The summed E-state index contributed by atoms with van der Waals surface area (Å²) in [6.45, 7) is 4.92. The third-order valence-electron chi connectivity index (χ3n) is 7.67. The first-order valence-corrected chi connectivity index (χ1v) is 21.2. The summed E-state index contributed by atoms with van der Waals surface area (Å²) in [6.07, 6.45) is 10.9. The topological polar surface area (TPSA) is 104 Å². The Morgan fingerprint density at radius 2 is 1.93 bits per heavy atom. The summed E-state index contributed by atoms with van der Waals surface area (Å²) in [7, 11) is 0.638. The lowest BCUT2D eigenvalue weighted by Gasteiger charge is -2.24. The van der Waals surface area contributed by atoms with E-state index >= 15 is 0 Å². The minimum Gasteiger partial charge on any atom is -0.358 e. The van der Waals surface area contributed by atoms with Crippen molar-refractivity contribution < 1.29 is 13.7 Å². The van der Waals surface area contributed by atoms with Gasteiger partial charge >= 0.3 is 0 Å². The van der Waals surface area contributed by atoms with Gasteiger partial charge in [-0.1, -0.05) is 35.9 Å². The van der Waals surface area contributed by atoms with E-state index in [1.54, 1.807) is 4.68 Å². The minimum atomic E-state index is -0.685. The minimum absolute atomic E-state index is 0.0587. The number of hydrogen-bond donors (Lipinski definition) is 1. The van der Waals surface area contributed by atoms with Crippen LogP contribution in [0.5, 0.6) is 0 Å². The van der Waals surface area contributed by atoms with Crippen molar-refractivity contribution in [3.05, 3.63) is 77.1 Å². The van der Waals surface area contributed by atoms with Crippen LogP contribution in [0.15, 0.2) is 60.8 Å². The molecule has 0 bridgehead atoms. The molecule has 2 aromatic carbocycles. The first kappa shape index (κ1) is 34.1. The predicted octanol–water partition coefficient (Wildman–Crippen LogP) is 7.73. The van der Waals surface area contributed by atoms with E-state index in [9.17, 15) is 4.79 Å². The lowest BCUT2D eigenvalue weighted by Crippen LogP contribution is -2.27. The standard InChI is InChI=1S/C32H38ClIN6O3S2/c1-31(2,43-44-34)19-26-10-9-22(20-35-26)27-12-11-25(36-30(41)32(13-14-32)23-7-6-8-24(33)17-23)18-28(27)29-37-38-39-40(29)21-42-15-16-45(3,4)5/h6-12,17-18,20H,13-16,19,21H2,1-5H3,(H,36,41). The number of benzene rings is 2. The van der Waals surface area contributed by atoms with E-state index in [0.29, 0.717) is 29.6 Å². The van der Waals surface area contributed by atoms with Gasteiger partial charge < -0.3 is 10.1 Å². The molecule has 240 valence electrons. The average molecular weight is 781 g/mol. The lowest BCUT2D eigenvalue weighted by atomic mass is 9.94. The van der Waals surface area contributed by atoms with Crippen molar-refractivity contribution in [1.29, 1.82) is 0 Å². The number of rotatable bonds is 14. The second-order valence-electron chi connectivity index (χ2n) is 12.8. The van der Waals surface area contributed by atoms with Crippen LogP contribution in [0.1, 0.15) is 37.9 Å². The van der Waals surface area contributed by atoms with E-state index < -0.39 is 15.4 Å². The number of pyridine rings is 1.